The summed E-state index contributed by atoms with van der Waals surface area (Å²) in [4.78, 5) is 12.0. The summed E-state index contributed by atoms with van der Waals surface area (Å²) in [5.41, 5.74) is 6.51. The van der Waals surface area contributed by atoms with Crippen LogP contribution in [0.5, 0.6) is 0 Å². The van der Waals surface area contributed by atoms with E-state index >= 15 is 0 Å². The number of rotatable bonds is 7. The monoisotopic (exact) mass is 625 g/mol. The zero-order valence-corrected chi connectivity index (χ0v) is 24.1. The molecule has 0 radical (unpaired) electrons. The molecule has 2 aromatic heterocycles. The number of halogens is 4. The third kappa shape index (κ3) is 4.94. The lowest BCUT2D eigenvalue weighted by Gasteiger charge is -2.14. The number of aromatic nitrogens is 3. The lowest BCUT2D eigenvalue weighted by atomic mass is 9.95. The fourth-order valence-electron chi connectivity index (χ4n) is 5.32. The number of fused-ring (bicyclic) bond motifs is 2. The molecule has 10 heteroatoms. The number of carbonyl (C=O) groups excluding carboxylic acids is 1. The van der Waals surface area contributed by atoms with E-state index in [1.807, 2.05) is 40.4 Å². The summed E-state index contributed by atoms with van der Waals surface area (Å²) in [5.74, 6) is -0.421. The zero-order chi connectivity index (χ0) is 30.4. The van der Waals surface area contributed by atoms with Gasteiger partial charge in [0.25, 0.3) is 6.43 Å². The molecular weight excluding hydrogens is 607 g/mol. The van der Waals surface area contributed by atoms with Crippen molar-refractivity contribution in [1.29, 1.82) is 0 Å². The first-order valence-electron chi connectivity index (χ1n) is 13.4. The van der Waals surface area contributed by atoms with Crippen molar-refractivity contribution in [1.82, 2.24) is 14.3 Å². The second-order valence-corrected chi connectivity index (χ2v) is 11.4. The van der Waals surface area contributed by atoms with Crippen LogP contribution in [0, 0.1) is 5.82 Å². The molecule has 0 saturated carbocycles. The van der Waals surface area contributed by atoms with E-state index < -0.39 is 12.2 Å². The summed E-state index contributed by atoms with van der Waals surface area (Å²) in [6, 6.07) is 28.9. The minimum absolute atomic E-state index is 0.0786. The highest BCUT2D eigenvalue weighted by Gasteiger charge is 2.25. The van der Waals surface area contributed by atoms with Gasteiger partial charge in [-0.3, -0.25) is 8.77 Å². The predicted octanol–water partition coefficient (Wildman–Crippen LogP) is 10.3. The van der Waals surface area contributed by atoms with Crippen molar-refractivity contribution >= 4 is 51.8 Å². The van der Waals surface area contributed by atoms with Gasteiger partial charge in [0.15, 0.2) is 0 Å². The minimum Gasteiger partial charge on any atom is -0.298 e. The Kier molecular flexibility index (Phi) is 7.20. The molecule has 0 bridgehead atoms. The minimum atomic E-state index is -2.58. The van der Waals surface area contributed by atoms with Crippen molar-refractivity contribution in [2.75, 3.05) is 0 Å². The molecule has 7 rings (SSSR count). The summed E-state index contributed by atoms with van der Waals surface area (Å²) < 4.78 is 48.5. The Labute approximate surface area is 258 Å². The van der Waals surface area contributed by atoms with E-state index in [0.29, 0.717) is 54.2 Å². The highest BCUT2D eigenvalue weighted by Crippen LogP contribution is 2.47. The molecule has 0 saturated heterocycles. The highest BCUT2D eigenvalue weighted by molar-refractivity contribution is 7.98. The molecule has 0 aliphatic heterocycles. The molecule has 44 heavy (non-hydrogen) atoms. The van der Waals surface area contributed by atoms with Gasteiger partial charge in [-0.2, -0.15) is 0 Å². The maximum atomic E-state index is 14.9. The van der Waals surface area contributed by atoms with E-state index in [1.54, 1.807) is 42.5 Å². The standard InChI is InChI=1S/C34H19ClF3N3O2S/c35-28-15-19(18-42)7-13-25(28)21-3-1-4-22(16-21)33-31(26-5-2-6-29-32(26)40-43-39-29)27-17-23(36)10-14-30(27)41(33)44-24-11-8-20(9-12-24)34(37)38/h1-18,34H. The molecule has 0 fully saturated rings. The fourth-order valence-corrected chi connectivity index (χ4v) is 6.64. The van der Waals surface area contributed by atoms with Crippen LogP contribution < -0.4 is 0 Å². The van der Waals surface area contributed by atoms with Crippen LogP contribution in [0.1, 0.15) is 22.3 Å². The summed E-state index contributed by atoms with van der Waals surface area (Å²) >= 11 is 7.91. The molecule has 5 aromatic carbocycles. The van der Waals surface area contributed by atoms with Gasteiger partial charge < -0.3 is 0 Å². The molecule has 7 aromatic rings. The molecule has 216 valence electrons. The Morgan fingerprint density at radius 1 is 0.841 bits per heavy atom. The smallest absolute Gasteiger partial charge is 0.263 e. The van der Waals surface area contributed by atoms with Gasteiger partial charge in [0, 0.05) is 48.7 Å². The number of alkyl halides is 2. The van der Waals surface area contributed by atoms with Gasteiger partial charge >= 0.3 is 0 Å². The van der Waals surface area contributed by atoms with E-state index in [4.69, 9.17) is 16.2 Å². The average molecular weight is 626 g/mol. The number of hydrogen-bond donors (Lipinski definition) is 0. The second kappa shape index (κ2) is 11.3. The number of benzene rings is 5. The summed E-state index contributed by atoms with van der Waals surface area (Å²) in [6.07, 6.45) is -1.85. The number of carbonyl (C=O) groups is 1. The van der Waals surface area contributed by atoms with Crippen molar-refractivity contribution < 1.29 is 22.6 Å². The Bertz CT molecular complexity index is 2200. The lowest BCUT2D eigenvalue weighted by Crippen LogP contribution is -1.94. The zero-order valence-electron chi connectivity index (χ0n) is 22.5. The summed E-state index contributed by atoms with van der Waals surface area (Å²) in [7, 11) is 0. The van der Waals surface area contributed by atoms with E-state index in [1.165, 1.54) is 36.2 Å². The molecule has 0 atom stereocenters. The Morgan fingerprint density at radius 2 is 1.64 bits per heavy atom. The van der Waals surface area contributed by atoms with Crippen molar-refractivity contribution in [3.05, 3.63) is 125 Å². The maximum Gasteiger partial charge on any atom is 0.263 e. The molecule has 2 heterocycles. The molecule has 0 unspecified atom stereocenters. The largest absolute Gasteiger partial charge is 0.298 e. The Morgan fingerprint density at radius 3 is 2.41 bits per heavy atom. The van der Waals surface area contributed by atoms with Gasteiger partial charge in [-0.05, 0) is 76.4 Å². The van der Waals surface area contributed by atoms with E-state index in [0.717, 1.165) is 23.0 Å². The second-order valence-electron chi connectivity index (χ2n) is 10.0. The van der Waals surface area contributed by atoms with E-state index in [9.17, 15) is 18.0 Å². The van der Waals surface area contributed by atoms with Crippen molar-refractivity contribution in [3.8, 4) is 33.5 Å². The predicted molar refractivity (Wildman–Crippen MR) is 167 cm³/mol. The number of aldehydes is 1. The first kappa shape index (κ1) is 27.9. The van der Waals surface area contributed by atoms with Gasteiger partial charge in [-0.15, -0.1) is 0 Å². The highest BCUT2D eigenvalue weighted by atomic mass is 35.5. The molecule has 0 aliphatic carbocycles. The first-order chi connectivity index (χ1) is 21.4. The van der Waals surface area contributed by atoms with E-state index in [-0.39, 0.29) is 5.56 Å². The number of hydrogen-bond acceptors (Lipinski definition) is 5. The average Bonchev–Trinajstić information content (AvgIpc) is 3.64. The lowest BCUT2D eigenvalue weighted by molar-refractivity contribution is 0.112. The van der Waals surface area contributed by atoms with Crippen LogP contribution in [0.3, 0.4) is 0 Å². The van der Waals surface area contributed by atoms with Crippen LogP contribution in [-0.4, -0.2) is 20.6 Å². The normalized spacial score (nSPS) is 11.6. The van der Waals surface area contributed by atoms with Gasteiger partial charge in [-0.25, -0.2) is 17.8 Å². The third-order valence-corrected chi connectivity index (χ3v) is 8.70. The fraction of sp³-hybridized carbons (Fsp3) is 0.0294. The maximum absolute atomic E-state index is 14.9. The van der Waals surface area contributed by atoms with Crippen LogP contribution in [0.15, 0.2) is 113 Å². The molecule has 5 nitrogen and oxygen atoms in total. The van der Waals surface area contributed by atoms with Gasteiger partial charge in [0.05, 0.1) is 11.2 Å². The first-order valence-corrected chi connectivity index (χ1v) is 14.5. The Balaban J connectivity index is 1.52. The van der Waals surface area contributed by atoms with Crippen molar-refractivity contribution in [2.24, 2.45) is 0 Å². The SMILES string of the molecule is O=Cc1ccc(-c2cccc(-c3c(-c4cccc5nonc45)c4cc(F)ccc4n3Sc3ccc(C(F)F)cc3)c2)c(Cl)c1. The Hall–Kier alpha value is -4.86. The van der Waals surface area contributed by atoms with E-state index in [2.05, 4.69) is 10.3 Å². The van der Waals surface area contributed by atoms with Crippen LogP contribution in [0.2, 0.25) is 5.02 Å². The summed E-state index contributed by atoms with van der Waals surface area (Å²) in [5, 5.41) is 9.20. The molecular formula is C34H19ClF3N3O2S. The van der Waals surface area contributed by atoms with Crippen LogP contribution in [0.4, 0.5) is 13.2 Å². The summed E-state index contributed by atoms with van der Waals surface area (Å²) in [6.45, 7) is 0. The quantitative estimate of drug-likeness (QED) is 0.165. The van der Waals surface area contributed by atoms with Crippen LogP contribution in [-0.2, 0) is 0 Å². The van der Waals surface area contributed by atoms with Gasteiger partial charge in [-0.1, -0.05) is 66.2 Å². The van der Waals surface area contributed by atoms with Crippen molar-refractivity contribution in [3.63, 3.8) is 0 Å². The molecule has 0 spiro atoms. The van der Waals surface area contributed by atoms with Crippen LogP contribution >= 0.6 is 23.5 Å². The third-order valence-electron chi connectivity index (χ3n) is 7.35. The van der Waals surface area contributed by atoms with Crippen molar-refractivity contribution in [2.45, 2.75) is 11.3 Å². The van der Waals surface area contributed by atoms with Crippen LogP contribution in [0.25, 0.3) is 55.4 Å². The van der Waals surface area contributed by atoms with Gasteiger partial charge in [0.2, 0.25) is 0 Å². The van der Waals surface area contributed by atoms with Gasteiger partial charge in [0.1, 0.15) is 23.1 Å². The number of nitrogens with zero attached hydrogens (tertiary/aromatic N) is 3. The molecule has 0 amide bonds. The topological polar surface area (TPSA) is 60.9 Å². The molecule has 0 N–H and O–H groups in total. The molecule has 0 aliphatic rings.